The summed E-state index contributed by atoms with van der Waals surface area (Å²) in [5.74, 6) is 6.00. The number of guanidine groups is 1. The lowest BCUT2D eigenvalue weighted by Crippen LogP contribution is -2.36. The molecule has 0 atom stereocenters. The molecule has 0 fully saturated rings. The van der Waals surface area contributed by atoms with E-state index in [9.17, 15) is 0 Å². The maximum Gasteiger partial charge on any atom is 0.210 e. The minimum absolute atomic E-state index is 0.605. The van der Waals surface area contributed by atoms with Crippen LogP contribution in [0.4, 0.5) is 5.69 Å². The van der Waals surface area contributed by atoms with E-state index in [0.29, 0.717) is 5.96 Å². The molecule has 0 saturated carbocycles. The molecule has 0 unspecified atom stereocenters. The number of anilines is 1. The zero-order valence-electron chi connectivity index (χ0n) is 10.2. The number of nitrogens with two attached hydrogens (primary N) is 1. The van der Waals surface area contributed by atoms with Crippen molar-refractivity contribution in [1.29, 1.82) is 0 Å². The van der Waals surface area contributed by atoms with Crippen LogP contribution in [0.15, 0.2) is 23.2 Å². The highest BCUT2D eigenvalue weighted by atomic mass is 15.3. The topological polar surface area (TPSA) is 62.4 Å². The third kappa shape index (κ3) is 3.55. The van der Waals surface area contributed by atoms with Crippen molar-refractivity contribution in [3.63, 3.8) is 0 Å². The zero-order valence-corrected chi connectivity index (χ0v) is 10.2. The zero-order chi connectivity index (χ0) is 12.0. The molecule has 0 aliphatic rings. The van der Waals surface area contributed by atoms with Crippen LogP contribution in [0, 0.1) is 13.8 Å². The van der Waals surface area contributed by atoms with Crippen molar-refractivity contribution < 1.29 is 0 Å². The minimum Gasteiger partial charge on any atom is -0.325 e. The fourth-order valence-corrected chi connectivity index (χ4v) is 1.43. The molecule has 0 aliphatic carbocycles. The van der Waals surface area contributed by atoms with E-state index in [-0.39, 0.29) is 0 Å². The Balaban J connectivity index is 2.78. The number of rotatable bonds is 3. The fraction of sp³-hybridized carbons (Fsp3) is 0.417. The average Bonchev–Trinajstić information content (AvgIpc) is 2.27. The Hall–Kier alpha value is -1.55. The van der Waals surface area contributed by atoms with Crippen LogP contribution < -0.4 is 16.6 Å². The molecule has 0 spiro atoms. The Bertz CT molecular complexity index is 371. The molecular weight excluding hydrogens is 200 g/mol. The van der Waals surface area contributed by atoms with Gasteiger partial charge in [0, 0.05) is 12.2 Å². The van der Waals surface area contributed by atoms with Crippen molar-refractivity contribution in [1.82, 2.24) is 5.43 Å². The van der Waals surface area contributed by atoms with Gasteiger partial charge in [-0.1, -0.05) is 24.6 Å². The number of nitrogens with one attached hydrogen (secondary N) is 2. The quantitative estimate of drug-likeness (QED) is 0.316. The molecule has 0 saturated heterocycles. The van der Waals surface area contributed by atoms with Gasteiger partial charge in [0.1, 0.15) is 0 Å². The lowest BCUT2D eigenvalue weighted by atomic mass is 10.1. The van der Waals surface area contributed by atoms with Gasteiger partial charge in [-0.15, -0.1) is 0 Å². The Morgan fingerprint density at radius 2 is 2.12 bits per heavy atom. The van der Waals surface area contributed by atoms with Gasteiger partial charge in [-0.2, -0.15) is 0 Å². The number of aliphatic imine (C=N–C) groups is 1. The highest BCUT2D eigenvalue weighted by Crippen LogP contribution is 2.15. The monoisotopic (exact) mass is 220 g/mol. The van der Waals surface area contributed by atoms with Gasteiger partial charge in [-0.25, -0.2) is 5.84 Å². The summed E-state index contributed by atoms with van der Waals surface area (Å²) in [5, 5.41) is 3.17. The summed E-state index contributed by atoms with van der Waals surface area (Å²) in [7, 11) is 0. The van der Waals surface area contributed by atoms with E-state index in [1.54, 1.807) is 0 Å². The first-order valence-electron chi connectivity index (χ1n) is 5.52. The Morgan fingerprint density at radius 1 is 1.38 bits per heavy atom. The van der Waals surface area contributed by atoms with Crippen LogP contribution in [0.2, 0.25) is 0 Å². The standard InChI is InChI=1S/C12H20N4/c1-4-7-14-12(16-13)15-11-6-5-9(2)8-10(11)3/h5-6,8H,4,7,13H2,1-3H3,(H2,14,15,16). The summed E-state index contributed by atoms with van der Waals surface area (Å²) in [6.07, 6.45) is 1.000. The van der Waals surface area contributed by atoms with Crippen molar-refractivity contribution in [2.45, 2.75) is 27.2 Å². The molecule has 1 rings (SSSR count). The highest BCUT2D eigenvalue weighted by molar-refractivity contribution is 5.93. The Labute approximate surface area is 96.9 Å². The lowest BCUT2D eigenvalue weighted by molar-refractivity contribution is 0.905. The number of hydrogen-bond donors (Lipinski definition) is 3. The SMILES string of the molecule is CCCN=C(NN)Nc1ccc(C)cc1C. The number of benzene rings is 1. The van der Waals surface area contributed by atoms with Gasteiger partial charge in [0.05, 0.1) is 0 Å². The predicted octanol–water partition coefficient (Wildman–Crippen LogP) is 1.94. The van der Waals surface area contributed by atoms with E-state index in [2.05, 4.69) is 48.6 Å². The van der Waals surface area contributed by atoms with Gasteiger partial charge in [-0.05, 0) is 31.9 Å². The number of hydrogen-bond acceptors (Lipinski definition) is 2. The van der Waals surface area contributed by atoms with Crippen LogP contribution in [0.3, 0.4) is 0 Å². The van der Waals surface area contributed by atoms with Gasteiger partial charge >= 0.3 is 0 Å². The van der Waals surface area contributed by atoms with E-state index in [0.717, 1.165) is 18.7 Å². The average molecular weight is 220 g/mol. The molecule has 0 radical (unpaired) electrons. The second-order valence-corrected chi connectivity index (χ2v) is 3.82. The first kappa shape index (κ1) is 12.5. The molecule has 0 bridgehead atoms. The molecule has 1 aromatic carbocycles. The third-order valence-electron chi connectivity index (χ3n) is 2.27. The smallest absolute Gasteiger partial charge is 0.210 e. The van der Waals surface area contributed by atoms with Crippen molar-refractivity contribution in [3.8, 4) is 0 Å². The fourth-order valence-electron chi connectivity index (χ4n) is 1.43. The van der Waals surface area contributed by atoms with E-state index in [1.165, 1.54) is 11.1 Å². The van der Waals surface area contributed by atoms with Crippen LogP contribution in [0.25, 0.3) is 0 Å². The van der Waals surface area contributed by atoms with Crippen molar-refractivity contribution in [2.24, 2.45) is 10.8 Å². The van der Waals surface area contributed by atoms with Crippen LogP contribution in [-0.2, 0) is 0 Å². The van der Waals surface area contributed by atoms with E-state index in [4.69, 9.17) is 5.84 Å². The molecule has 0 heterocycles. The molecule has 0 aromatic heterocycles. The third-order valence-corrected chi connectivity index (χ3v) is 2.27. The Morgan fingerprint density at radius 3 is 2.69 bits per heavy atom. The second kappa shape index (κ2) is 6.12. The van der Waals surface area contributed by atoms with Gasteiger partial charge in [-0.3, -0.25) is 10.4 Å². The van der Waals surface area contributed by atoms with E-state index >= 15 is 0 Å². The van der Waals surface area contributed by atoms with E-state index < -0.39 is 0 Å². The van der Waals surface area contributed by atoms with Gasteiger partial charge < -0.3 is 5.32 Å². The number of nitrogens with zero attached hydrogens (tertiary/aromatic N) is 1. The van der Waals surface area contributed by atoms with Gasteiger partial charge in [0.15, 0.2) is 0 Å². The van der Waals surface area contributed by atoms with Crippen molar-refractivity contribution in [3.05, 3.63) is 29.3 Å². The second-order valence-electron chi connectivity index (χ2n) is 3.82. The molecule has 0 aliphatic heterocycles. The summed E-state index contributed by atoms with van der Waals surface area (Å²) >= 11 is 0. The maximum atomic E-state index is 5.40. The molecule has 1 aromatic rings. The lowest BCUT2D eigenvalue weighted by Gasteiger charge is -2.11. The Kier molecular flexibility index (Phi) is 4.79. The summed E-state index contributed by atoms with van der Waals surface area (Å²) in [6.45, 7) is 6.97. The maximum absolute atomic E-state index is 5.40. The van der Waals surface area contributed by atoms with Crippen LogP contribution in [0.1, 0.15) is 24.5 Å². The van der Waals surface area contributed by atoms with Gasteiger partial charge in [0.2, 0.25) is 5.96 Å². The summed E-state index contributed by atoms with van der Waals surface area (Å²) < 4.78 is 0. The molecule has 0 amide bonds. The number of aryl methyl sites for hydroxylation is 2. The van der Waals surface area contributed by atoms with Crippen LogP contribution in [-0.4, -0.2) is 12.5 Å². The first-order chi connectivity index (χ1) is 7.67. The molecule has 4 nitrogen and oxygen atoms in total. The normalized spacial score (nSPS) is 11.4. The van der Waals surface area contributed by atoms with Crippen molar-refractivity contribution in [2.75, 3.05) is 11.9 Å². The molecule has 88 valence electrons. The molecular formula is C12H20N4. The molecule has 4 N–H and O–H groups in total. The van der Waals surface area contributed by atoms with Gasteiger partial charge in [0.25, 0.3) is 0 Å². The minimum atomic E-state index is 0.605. The number of hydrazine groups is 1. The first-order valence-corrected chi connectivity index (χ1v) is 5.52. The predicted molar refractivity (Wildman–Crippen MR) is 69.5 cm³/mol. The molecule has 16 heavy (non-hydrogen) atoms. The largest absolute Gasteiger partial charge is 0.325 e. The molecule has 4 heteroatoms. The summed E-state index contributed by atoms with van der Waals surface area (Å²) in [4.78, 5) is 4.29. The summed E-state index contributed by atoms with van der Waals surface area (Å²) in [5.41, 5.74) is 6.02. The van der Waals surface area contributed by atoms with Crippen molar-refractivity contribution >= 4 is 11.6 Å². The van der Waals surface area contributed by atoms with Crippen LogP contribution in [0.5, 0.6) is 0 Å². The highest BCUT2D eigenvalue weighted by Gasteiger charge is 2.00. The van der Waals surface area contributed by atoms with E-state index in [1.807, 2.05) is 6.07 Å². The van der Waals surface area contributed by atoms with Crippen LogP contribution >= 0.6 is 0 Å². The summed E-state index contributed by atoms with van der Waals surface area (Å²) in [6, 6.07) is 6.21.